The van der Waals surface area contributed by atoms with Gasteiger partial charge in [0.15, 0.2) is 5.65 Å². The van der Waals surface area contributed by atoms with Gasteiger partial charge in [0, 0.05) is 24.2 Å². The van der Waals surface area contributed by atoms with Crippen molar-refractivity contribution in [3.63, 3.8) is 0 Å². The number of carbonyl (C=O) groups is 2. The third-order valence-corrected chi connectivity index (χ3v) is 3.32. The molecule has 0 spiro atoms. The standard InChI is InChI=1S/C12H17N7O2/c1-12(2,3)7-5-8-13-14-10(18(8)15-7)19-11(21)17(4)6-9(20)16-19/h5,15H,6H2,1-4H3,(H,16,20). The van der Waals surface area contributed by atoms with Gasteiger partial charge in [-0.05, 0) is 0 Å². The monoisotopic (exact) mass is 291 g/mol. The molecule has 2 aromatic heterocycles. The van der Waals surface area contributed by atoms with Crippen molar-refractivity contribution in [2.75, 3.05) is 18.6 Å². The molecule has 0 aliphatic carbocycles. The molecule has 9 nitrogen and oxygen atoms in total. The number of rotatable bonds is 1. The Kier molecular flexibility index (Phi) is 2.68. The van der Waals surface area contributed by atoms with Gasteiger partial charge in [0.2, 0.25) is 0 Å². The first-order chi connectivity index (χ1) is 9.77. The number of nitrogens with zero attached hydrogens (tertiary/aromatic N) is 5. The normalized spacial score (nSPS) is 16.8. The van der Waals surface area contributed by atoms with Crippen molar-refractivity contribution in [3.8, 4) is 0 Å². The van der Waals surface area contributed by atoms with Crippen molar-refractivity contribution in [3.05, 3.63) is 11.8 Å². The molecule has 1 fully saturated rings. The fraction of sp³-hybridized carbons (Fsp3) is 0.500. The first-order valence-corrected chi connectivity index (χ1v) is 6.57. The molecule has 0 bridgehead atoms. The molecule has 2 aromatic rings. The third kappa shape index (κ3) is 2.10. The molecule has 112 valence electrons. The summed E-state index contributed by atoms with van der Waals surface area (Å²) in [5.41, 5.74) is 3.95. The largest absolute Gasteiger partial charge is 0.346 e. The van der Waals surface area contributed by atoms with Crippen LogP contribution in [0, 0.1) is 0 Å². The summed E-state index contributed by atoms with van der Waals surface area (Å²) in [4.78, 5) is 25.1. The molecule has 1 saturated heterocycles. The third-order valence-electron chi connectivity index (χ3n) is 3.32. The van der Waals surface area contributed by atoms with Crippen LogP contribution in [0.3, 0.4) is 0 Å². The van der Waals surface area contributed by atoms with E-state index in [1.165, 1.54) is 4.90 Å². The van der Waals surface area contributed by atoms with E-state index in [0.29, 0.717) is 5.65 Å². The van der Waals surface area contributed by atoms with Gasteiger partial charge in [0.05, 0.1) is 0 Å². The van der Waals surface area contributed by atoms with Crippen LogP contribution in [0.1, 0.15) is 26.5 Å². The number of fused-ring (bicyclic) bond motifs is 1. The van der Waals surface area contributed by atoms with E-state index in [1.54, 1.807) is 11.6 Å². The highest BCUT2D eigenvalue weighted by atomic mass is 16.2. The summed E-state index contributed by atoms with van der Waals surface area (Å²) in [6.07, 6.45) is 0. The first kappa shape index (κ1) is 13.4. The minimum Gasteiger partial charge on any atom is -0.316 e. The predicted octanol–water partition coefficient (Wildman–Crippen LogP) is 0.258. The maximum Gasteiger partial charge on any atom is 0.346 e. The zero-order valence-electron chi connectivity index (χ0n) is 12.3. The van der Waals surface area contributed by atoms with E-state index in [-0.39, 0.29) is 29.8 Å². The van der Waals surface area contributed by atoms with Gasteiger partial charge in [-0.25, -0.2) is 4.79 Å². The Labute approximate surface area is 120 Å². The highest BCUT2D eigenvalue weighted by molar-refractivity contribution is 5.99. The molecule has 0 atom stereocenters. The molecule has 3 heterocycles. The Morgan fingerprint density at radius 3 is 2.62 bits per heavy atom. The molecule has 21 heavy (non-hydrogen) atoms. The number of aromatic amines is 1. The molecular formula is C12H17N7O2. The van der Waals surface area contributed by atoms with E-state index in [0.717, 1.165) is 10.7 Å². The van der Waals surface area contributed by atoms with Gasteiger partial charge in [-0.1, -0.05) is 20.8 Å². The molecule has 0 unspecified atom stereocenters. The predicted molar refractivity (Wildman–Crippen MR) is 74.7 cm³/mol. The Morgan fingerprint density at radius 1 is 1.24 bits per heavy atom. The smallest absolute Gasteiger partial charge is 0.316 e. The minimum absolute atomic E-state index is 0.0231. The van der Waals surface area contributed by atoms with E-state index >= 15 is 0 Å². The SMILES string of the molecule is CN1CC(=O)NN(c2nnc3cc(C(C)(C)C)[nH]n23)C1=O. The van der Waals surface area contributed by atoms with Gasteiger partial charge in [0.25, 0.3) is 11.9 Å². The van der Waals surface area contributed by atoms with Crippen LogP contribution < -0.4 is 10.4 Å². The van der Waals surface area contributed by atoms with Crippen molar-refractivity contribution in [2.45, 2.75) is 26.2 Å². The number of anilines is 1. The first-order valence-electron chi connectivity index (χ1n) is 6.57. The van der Waals surface area contributed by atoms with Gasteiger partial charge in [-0.15, -0.1) is 10.2 Å². The second-order valence-corrected chi connectivity index (χ2v) is 6.12. The fourth-order valence-corrected chi connectivity index (χ4v) is 2.10. The lowest BCUT2D eigenvalue weighted by molar-refractivity contribution is -0.122. The number of urea groups is 1. The Balaban J connectivity index is 2.06. The average molecular weight is 291 g/mol. The van der Waals surface area contributed by atoms with Crippen LogP contribution in [-0.4, -0.2) is 50.2 Å². The second kappa shape index (κ2) is 4.21. The van der Waals surface area contributed by atoms with Crippen molar-refractivity contribution in [1.82, 2.24) is 30.1 Å². The lowest BCUT2D eigenvalue weighted by atomic mass is 9.93. The Bertz CT molecular complexity index is 724. The van der Waals surface area contributed by atoms with Crippen LogP contribution in [0.15, 0.2) is 6.07 Å². The summed E-state index contributed by atoms with van der Waals surface area (Å²) < 4.78 is 1.58. The molecule has 9 heteroatoms. The van der Waals surface area contributed by atoms with Crippen molar-refractivity contribution >= 4 is 23.5 Å². The number of nitrogens with one attached hydrogen (secondary N) is 2. The van der Waals surface area contributed by atoms with E-state index < -0.39 is 0 Å². The van der Waals surface area contributed by atoms with Crippen molar-refractivity contribution < 1.29 is 9.59 Å². The number of carbonyl (C=O) groups excluding carboxylic acids is 2. The lowest BCUT2D eigenvalue weighted by Gasteiger charge is -2.31. The quantitative estimate of drug-likeness (QED) is 0.787. The number of amides is 3. The van der Waals surface area contributed by atoms with Gasteiger partial charge in [-0.2, -0.15) is 9.52 Å². The molecule has 0 aromatic carbocycles. The van der Waals surface area contributed by atoms with Crippen LogP contribution in [-0.2, 0) is 10.2 Å². The highest BCUT2D eigenvalue weighted by Gasteiger charge is 2.32. The van der Waals surface area contributed by atoms with Gasteiger partial charge >= 0.3 is 6.03 Å². The molecule has 0 saturated carbocycles. The Morgan fingerprint density at radius 2 is 1.95 bits per heavy atom. The molecule has 2 N–H and O–H groups in total. The van der Waals surface area contributed by atoms with E-state index in [4.69, 9.17) is 0 Å². The van der Waals surface area contributed by atoms with Crippen LogP contribution in [0.2, 0.25) is 0 Å². The maximum absolute atomic E-state index is 12.2. The van der Waals surface area contributed by atoms with Crippen molar-refractivity contribution in [2.24, 2.45) is 0 Å². The zero-order chi connectivity index (χ0) is 15.4. The average Bonchev–Trinajstić information content (AvgIpc) is 2.92. The maximum atomic E-state index is 12.2. The number of hydrogen-bond donors (Lipinski definition) is 2. The van der Waals surface area contributed by atoms with Crippen LogP contribution in [0.5, 0.6) is 0 Å². The summed E-state index contributed by atoms with van der Waals surface area (Å²) in [6.45, 7) is 6.21. The highest BCUT2D eigenvalue weighted by Crippen LogP contribution is 2.23. The molecule has 3 amide bonds. The van der Waals surface area contributed by atoms with Gasteiger partial charge in [0.1, 0.15) is 6.54 Å². The van der Waals surface area contributed by atoms with Crippen LogP contribution >= 0.6 is 0 Å². The van der Waals surface area contributed by atoms with Gasteiger partial charge < -0.3 is 4.90 Å². The molecule has 3 rings (SSSR count). The number of aromatic nitrogens is 4. The van der Waals surface area contributed by atoms with E-state index in [9.17, 15) is 9.59 Å². The van der Waals surface area contributed by atoms with Gasteiger partial charge in [-0.3, -0.25) is 15.3 Å². The lowest BCUT2D eigenvalue weighted by Crippen LogP contribution is -2.60. The molecule has 1 aliphatic rings. The summed E-state index contributed by atoms with van der Waals surface area (Å²) in [7, 11) is 1.56. The molecule has 1 aliphatic heterocycles. The second-order valence-electron chi connectivity index (χ2n) is 6.12. The zero-order valence-corrected chi connectivity index (χ0v) is 12.3. The summed E-state index contributed by atoms with van der Waals surface area (Å²) in [5.74, 6) is -0.0538. The summed E-state index contributed by atoms with van der Waals surface area (Å²) in [5, 5.41) is 12.2. The number of H-pyrrole nitrogens is 1. The van der Waals surface area contributed by atoms with Crippen molar-refractivity contribution in [1.29, 1.82) is 0 Å². The summed E-state index contributed by atoms with van der Waals surface area (Å²) >= 11 is 0. The van der Waals surface area contributed by atoms with E-state index in [1.807, 2.05) is 6.07 Å². The van der Waals surface area contributed by atoms with Crippen LogP contribution in [0.4, 0.5) is 10.7 Å². The number of hydrazine groups is 1. The van der Waals surface area contributed by atoms with Crippen LogP contribution in [0.25, 0.3) is 5.65 Å². The molecular weight excluding hydrogens is 274 g/mol. The minimum atomic E-state index is -0.365. The number of likely N-dealkylation sites (N-methyl/N-ethyl adjacent to an activating group) is 1. The Hall–Kier alpha value is -2.58. The molecule has 0 radical (unpaired) electrons. The number of hydrogen-bond acceptors (Lipinski definition) is 4. The topological polar surface area (TPSA) is 98.6 Å². The van der Waals surface area contributed by atoms with E-state index in [2.05, 4.69) is 41.5 Å². The summed E-state index contributed by atoms with van der Waals surface area (Å²) in [6, 6.07) is 1.51. The fourth-order valence-electron chi connectivity index (χ4n) is 2.10.